The topological polar surface area (TPSA) is 74.5 Å². The molecule has 6 nitrogen and oxygen atoms in total. The third kappa shape index (κ3) is 3.38. The number of benzene rings is 1. The molecule has 2 bridgehead atoms. The van der Waals surface area contributed by atoms with Gasteiger partial charge in [0.2, 0.25) is 5.82 Å². The Morgan fingerprint density at radius 3 is 2.92 bits per heavy atom. The molecule has 4 rings (SSSR count). The van der Waals surface area contributed by atoms with Gasteiger partial charge in [0.15, 0.2) is 6.61 Å². The van der Waals surface area contributed by atoms with Gasteiger partial charge in [-0.05, 0) is 49.1 Å². The number of carbonyl (C=O) groups is 1. The molecule has 3 atom stereocenters. The third-order valence-corrected chi connectivity index (χ3v) is 5.49. The summed E-state index contributed by atoms with van der Waals surface area (Å²) in [7, 11) is 1.59. The number of hydrogen-bond acceptors (Lipinski definition) is 6. The highest BCUT2D eigenvalue weighted by atomic mass is 16.6. The number of carbonyl (C=O) groups excluding carboxylic acids is 1. The second-order valence-electron chi connectivity index (χ2n) is 7.01. The quantitative estimate of drug-likeness (QED) is 0.747. The highest BCUT2D eigenvalue weighted by Gasteiger charge is 2.40. The SMILES string of the molecule is COc1ccccc1-c1noc(COC(=O)C[C@@H]2C[C@H]3CC[C@@H]2C3)n1. The molecule has 0 aliphatic heterocycles. The maximum Gasteiger partial charge on any atom is 0.306 e. The summed E-state index contributed by atoms with van der Waals surface area (Å²) in [6, 6.07) is 7.44. The second kappa shape index (κ2) is 6.86. The van der Waals surface area contributed by atoms with Crippen molar-refractivity contribution in [2.45, 2.75) is 38.7 Å². The van der Waals surface area contributed by atoms with Crippen LogP contribution in [-0.4, -0.2) is 23.2 Å². The lowest BCUT2D eigenvalue weighted by Crippen LogP contribution is -2.17. The summed E-state index contributed by atoms with van der Waals surface area (Å²) in [5, 5.41) is 3.95. The van der Waals surface area contributed by atoms with Gasteiger partial charge in [0.05, 0.1) is 12.7 Å². The van der Waals surface area contributed by atoms with E-state index in [9.17, 15) is 4.79 Å². The smallest absolute Gasteiger partial charge is 0.306 e. The lowest BCUT2D eigenvalue weighted by molar-refractivity contribution is -0.147. The number of methoxy groups -OCH3 is 1. The van der Waals surface area contributed by atoms with Crippen LogP contribution < -0.4 is 4.74 Å². The monoisotopic (exact) mass is 342 g/mol. The number of fused-ring (bicyclic) bond motifs is 2. The van der Waals surface area contributed by atoms with Gasteiger partial charge in [0, 0.05) is 6.42 Å². The summed E-state index contributed by atoms with van der Waals surface area (Å²) in [6.45, 7) is 0.0157. The molecular formula is C19H22N2O4. The van der Waals surface area contributed by atoms with Crippen LogP contribution in [0.5, 0.6) is 5.75 Å². The molecule has 25 heavy (non-hydrogen) atoms. The first-order valence-electron chi connectivity index (χ1n) is 8.84. The van der Waals surface area contributed by atoms with E-state index in [4.69, 9.17) is 14.0 Å². The van der Waals surface area contributed by atoms with E-state index in [0.29, 0.717) is 29.8 Å². The van der Waals surface area contributed by atoms with Crippen LogP contribution in [0.25, 0.3) is 11.4 Å². The zero-order valence-electron chi connectivity index (χ0n) is 14.3. The predicted molar refractivity (Wildman–Crippen MR) is 89.6 cm³/mol. The number of aromatic nitrogens is 2. The second-order valence-corrected chi connectivity index (χ2v) is 7.01. The summed E-state index contributed by atoms with van der Waals surface area (Å²) in [6.07, 6.45) is 5.59. The molecule has 0 N–H and O–H groups in total. The first kappa shape index (κ1) is 16.1. The molecule has 1 aromatic carbocycles. The molecule has 132 valence electrons. The van der Waals surface area contributed by atoms with Crippen molar-refractivity contribution in [1.29, 1.82) is 0 Å². The summed E-state index contributed by atoms with van der Waals surface area (Å²) in [5.74, 6) is 3.27. The van der Waals surface area contributed by atoms with E-state index in [1.54, 1.807) is 7.11 Å². The van der Waals surface area contributed by atoms with E-state index in [1.807, 2.05) is 24.3 Å². The summed E-state index contributed by atoms with van der Waals surface area (Å²) < 4.78 is 15.8. The standard InChI is InChI=1S/C19H22N2O4/c1-23-16-5-3-2-4-15(16)19-20-17(25-21-19)11-24-18(22)10-14-9-12-6-7-13(14)8-12/h2-5,12-14H,6-11H2,1H3/t12-,13+,14-/m0/s1. The van der Waals surface area contributed by atoms with Crippen molar-refractivity contribution in [3.8, 4) is 17.1 Å². The maximum atomic E-state index is 12.1. The Balaban J connectivity index is 1.33. The van der Waals surface area contributed by atoms with Crippen LogP contribution in [0.4, 0.5) is 0 Å². The third-order valence-electron chi connectivity index (χ3n) is 5.49. The molecule has 0 radical (unpaired) electrons. The zero-order valence-corrected chi connectivity index (χ0v) is 14.3. The van der Waals surface area contributed by atoms with E-state index >= 15 is 0 Å². The molecule has 0 spiro atoms. The van der Waals surface area contributed by atoms with Crippen LogP contribution >= 0.6 is 0 Å². The van der Waals surface area contributed by atoms with Gasteiger partial charge < -0.3 is 14.0 Å². The summed E-state index contributed by atoms with van der Waals surface area (Å²) in [4.78, 5) is 16.4. The molecule has 1 aromatic heterocycles. The molecule has 2 aromatic rings. The number of hydrogen-bond donors (Lipinski definition) is 0. The Labute approximate surface area is 146 Å². The molecule has 0 amide bonds. The molecule has 2 aliphatic rings. The lowest BCUT2D eigenvalue weighted by atomic mass is 9.86. The average molecular weight is 342 g/mol. The van der Waals surface area contributed by atoms with E-state index in [2.05, 4.69) is 10.1 Å². The number of nitrogens with zero attached hydrogens (tertiary/aromatic N) is 2. The van der Waals surface area contributed by atoms with Gasteiger partial charge in [0.1, 0.15) is 5.75 Å². The number of esters is 1. The molecule has 1 heterocycles. The maximum absolute atomic E-state index is 12.1. The number of ether oxygens (including phenoxy) is 2. The van der Waals surface area contributed by atoms with Crippen molar-refractivity contribution in [3.05, 3.63) is 30.2 Å². The molecule has 2 saturated carbocycles. The molecule has 2 fully saturated rings. The van der Waals surface area contributed by atoms with Crippen LogP contribution in [0.15, 0.2) is 28.8 Å². The molecule has 0 unspecified atom stereocenters. The molecular weight excluding hydrogens is 320 g/mol. The van der Waals surface area contributed by atoms with Crippen molar-refractivity contribution in [3.63, 3.8) is 0 Å². The highest BCUT2D eigenvalue weighted by molar-refractivity contribution is 5.69. The van der Waals surface area contributed by atoms with Gasteiger partial charge >= 0.3 is 5.97 Å². The van der Waals surface area contributed by atoms with E-state index in [-0.39, 0.29) is 12.6 Å². The summed E-state index contributed by atoms with van der Waals surface area (Å²) in [5.41, 5.74) is 0.744. The van der Waals surface area contributed by atoms with Crippen LogP contribution in [0.1, 0.15) is 38.0 Å². The van der Waals surface area contributed by atoms with E-state index < -0.39 is 0 Å². The zero-order chi connectivity index (χ0) is 17.2. The highest BCUT2D eigenvalue weighted by Crippen LogP contribution is 2.49. The fourth-order valence-electron chi connectivity index (χ4n) is 4.29. The minimum Gasteiger partial charge on any atom is -0.496 e. The average Bonchev–Trinajstić information content (AvgIpc) is 3.36. The minimum absolute atomic E-state index is 0.0157. The normalized spacial score (nSPS) is 24.4. The van der Waals surface area contributed by atoms with Crippen molar-refractivity contribution in [2.75, 3.05) is 7.11 Å². The van der Waals surface area contributed by atoms with Crippen molar-refractivity contribution in [2.24, 2.45) is 17.8 Å². The Morgan fingerprint density at radius 2 is 2.16 bits per heavy atom. The van der Waals surface area contributed by atoms with Crippen molar-refractivity contribution in [1.82, 2.24) is 10.1 Å². The van der Waals surface area contributed by atoms with Gasteiger partial charge in [-0.3, -0.25) is 4.79 Å². The first-order valence-corrected chi connectivity index (χ1v) is 8.84. The van der Waals surface area contributed by atoms with Gasteiger partial charge in [-0.15, -0.1) is 0 Å². The number of para-hydroxylation sites is 1. The van der Waals surface area contributed by atoms with Crippen LogP contribution in [-0.2, 0) is 16.1 Å². The van der Waals surface area contributed by atoms with Crippen LogP contribution in [0.2, 0.25) is 0 Å². The van der Waals surface area contributed by atoms with Gasteiger partial charge in [-0.2, -0.15) is 4.98 Å². The lowest BCUT2D eigenvalue weighted by Gasteiger charge is -2.20. The van der Waals surface area contributed by atoms with Crippen LogP contribution in [0.3, 0.4) is 0 Å². The fourth-order valence-corrected chi connectivity index (χ4v) is 4.29. The van der Waals surface area contributed by atoms with E-state index in [0.717, 1.165) is 17.4 Å². The van der Waals surface area contributed by atoms with Gasteiger partial charge in [-0.1, -0.05) is 23.7 Å². The molecule has 6 heteroatoms. The predicted octanol–water partition coefficient (Wildman–Crippen LogP) is 3.61. The Kier molecular flexibility index (Phi) is 4.42. The van der Waals surface area contributed by atoms with Gasteiger partial charge in [-0.25, -0.2) is 0 Å². The summed E-state index contributed by atoms with van der Waals surface area (Å²) >= 11 is 0. The van der Waals surface area contributed by atoms with Gasteiger partial charge in [0.25, 0.3) is 5.89 Å². The first-order chi connectivity index (χ1) is 12.2. The Morgan fingerprint density at radius 1 is 1.28 bits per heavy atom. The van der Waals surface area contributed by atoms with Crippen molar-refractivity contribution >= 4 is 5.97 Å². The van der Waals surface area contributed by atoms with Crippen LogP contribution in [0, 0.1) is 17.8 Å². The largest absolute Gasteiger partial charge is 0.496 e. The fraction of sp³-hybridized carbons (Fsp3) is 0.526. The van der Waals surface area contributed by atoms with Crippen molar-refractivity contribution < 1.29 is 18.8 Å². The number of rotatable bonds is 6. The molecule has 0 saturated heterocycles. The minimum atomic E-state index is -0.172. The van der Waals surface area contributed by atoms with E-state index in [1.165, 1.54) is 25.7 Å². The Hall–Kier alpha value is -2.37. The molecule has 2 aliphatic carbocycles. The Bertz CT molecular complexity index is 757.